The number of anilines is 1. The van der Waals surface area contributed by atoms with Crippen molar-refractivity contribution in [3.05, 3.63) is 30.6 Å². The lowest BCUT2D eigenvalue weighted by molar-refractivity contribution is 0.238. The van der Waals surface area contributed by atoms with Crippen LogP contribution in [-0.2, 0) is 0 Å². The molecule has 5 nitrogen and oxygen atoms in total. The van der Waals surface area contributed by atoms with Crippen LogP contribution in [0.4, 0.5) is 5.82 Å². The maximum atomic E-state index is 4.80. The van der Waals surface area contributed by atoms with E-state index in [1.165, 1.54) is 0 Å². The van der Waals surface area contributed by atoms with Crippen molar-refractivity contribution in [2.45, 2.75) is 12.5 Å². The molecule has 2 atom stereocenters. The highest BCUT2D eigenvalue weighted by molar-refractivity contribution is 5.63. The van der Waals surface area contributed by atoms with E-state index in [9.17, 15) is 0 Å². The van der Waals surface area contributed by atoms with Crippen LogP contribution in [0.3, 0.4) is 0 Å². The Bertz CT molecular complexity index is 577. The van der Waals surface area contributed by atoms with Gasteiger partial charge in [0, 0.05) is 43.0 Å². The Morgan fingerprint density at radius 1 is 1.21 bits per heavy atom. The van der Waals surface area contributed by atoms with E-state index < -0.39 is 0 Å². The fourth-order valence-corrected chi connectivity index (χ4v) is 3.12. The summed E-state index contributed by atoms with van der Waals surface area (Å²) < 4.78 is 2.19. The highest BCUT2D eigenvalue weighted by atomic mass is 15.4. The standard InChI is InChI=1S/C14H17N5/c1-4-15-5-2-10(1)12-7-14-17-9-11-8-16-6-3-13(11)19(14)18-12/h1-2,4-5,7,11,13,16-17H,3,6,8-9H2. The molecule has 2 aromatic rings. The van der Waals surface area contributed by atoms with Crippen LogP contribution in [0.5, 0.6) is 0 Å². The Labute approximate surface area is 112 Å². The van der Waals surface area contributed by atoms with Crippen LogP contribution in [0.1, 0.15) is 12.5 Å². The van der Waals surface area contributed by atoms with E-state index in [0.29, 0.717) is 12.0 Å². The van der Waals surface area contributed by atoms with Gasteiger partial charge in [-0.15, -0.1) is 0 Å². The molecule has 0 radical (unpaired) electrons. The summed E-state index contributed by atoms with van der Waals surface area (Å²) in [5.41, 5.74) is 2.16. The molecule has 5 heteroatoms. The molecule has 2 N–H and O–H groups in total. The van der Waals surface area contributed by atoms with Gasteiger partial charge in [0.2, 0.25) is 0 Å². The van der Waals surface area contributed by atoms with E-state index in [2.05, 4.69) is 26.4 Å². The molecule has 1 fully saturated rings. The van der Waals surface area contributed by atoms with E-state index in [0.717, 1.165) is 43.1 Å². The summed E-state index contributed by atoms with van der Waals surface area (Å²) in [4.78, 5) is 4.06. The number of hydrogen-bond donors (Lipinski definition) is 2. The molecule has 0 aromatic carbocycles. The van der Waals surface area contributed by atoms with Crippen LogP contribution in [0, 0.1) is 5.92 Å². The molecule has 0 aliphatic carbocycles. The predicted octanol–water partition coefficient (Wildman–Crippen LogP) is 1.52. The van der Waals surface area contributed by atoms with Crippen molar-refractivity contribution < 1.29 is 0 Å². The summed E-state index contributed by atoms with van der Waals surface area (Å²) in [5, 5.41) is 11.8. The first-order valence-corrected chi connectivity index (χ1v) is 6.86. The van der Waals surface area contributed by atoms with Gasteiger partial charge < -0.3 is 10.6 Å². The topological polar surface area (TPSA) is 54.8 Å². The summed E-state index contributed by atoms with van der Waals surface area (Å²) in [6.45, 7) is 3.21. The monoisotopic (exact) mass is 255 g/mol. The molecule has 98 valence electrons. The first-order valence-electron chi connectivity index (χ1n) is 6.86. The molecule has 0 spiro atoms. The lowest BCUT2D eigenvalue weighted by Crippen LogP contribution is -2.44. The number of aromatic nitrogens is 3. The van der Waals surface area contributed by atoms with Crippen LogP contribution >= 0.6 is 0 Å². The highest BCUT2D eigenvalue weighted by Gasteiger charge is 2.32. The van der Waals surface area contributed by atoms with Gasteiger partial charge in [-0.3, -0.25) is 4.98 Å². The third-order valence-corrected chi connectivity index (χ3v) is 4.14. The molecule has 2 aliphatic heterocycles. The fraction of sp³-hybridized carbons (Fsp3) is 0.429. The number of nitrogens with one attached hydrogen (secondary N) is 2. The second kappa shape index (κ2) is 4.35. The molecular formula is C14H17N5. The lowest BCUT2D eigenvalue weighted by Gasteiger charge is -2.37. The van der Waals surface area contributed by atoms with Gasteiger partial charge in [-0.25, -0.2) is 4.68 Å². The van der Waals surface area contributed by atoms with Gasteiger partial charge in [-0.1, -0.05) is 0 Å². The molecular weight excluding hydrogens is 238 g/mol. The van der Waals surface area contributed by atoms with Crippen molar-refractivity contribution >= 4 is 5.82 Å². The summed E-state index contributed by atoms with van der Waals surface area (Å²) in [6.07, 6.45) is 4.79. The average molecular weight is 255 g/mol. The van der Waals surface area contributed by atoms with Gasteiger partial charge in [0.05, 0.1) is 11.7 Å². The number of pyridine rings is 1. The molecule has 19 heavy (non-hydrogen) atoms. The Balaban J connectivity index is 1.73. The quantitative estimate of drug-likeness (QED) is 0.811. The molecule has 0 bridgehead atoms. The minimum absolute atomic E-state index is 0.535. The van der Waals surface area contributed by atoms with E-state index in [-0.39, 0.29) is 0 Å². The highest BCUT2D eigenvalue weighted by Crippen LogP contribution is 2.34. The third kappa shape index (κ3) is 1.81. The summed E-state index contributed by atoms with van der Waals surface area (Å²) in [5.74, 6) is 1.79. The summed E-state index contributed by atoms with van der Waals surface area (Å²) in [6, 6.07) is 6.70. The third-order valence-electron chi connectivity index (χ3n) is 4.14. The van der Waals surface area contributed by atoms with Gasteiger partial charge in [-0.2, -0.15) is 5.10 Å². The van der Waals surface area contributed by atoms with Crippen molar-refractivity contribution in [2.75, 3.05) is 25.0 Å². The Morgan fingerprint density at radius 2 is 2.11 bits per heavy atom. The number of piperidine rings is 1. The SMILES string of the molecule is c1cc(-c2cc3n(n2)C2CCNCC2CN3)ccn1. The van der Waals surface area contributed by atoms with Crippen molar-refractivity contribution in [3.8, 4) is 11.3 Å². The number of fused-ring (bicyclic) bond motifs is 3. The minimum atomic E-state index is 0.535. The van der Waals surface area contributed by atoms with E-state index in [1.54, 1.807) is 0 Å². The lowest BCUT2D eigenvalue weighted by atomic mass is 9.92. The molecule has 1 saturated heterocycles. The van der Waals surface area contributed by atoms with Crippen molar-refractivity contribution in [3.63, 3.8) is 0 Å². The summed E-state index contributed by atoms with van der Waals surface area (Å²) >= 11 is 0. The Morgan fingerprint density at radius 3 is 3.00 bits per heavy atom. The van der Waals surface area contributed by atoms with Crippen molar-refractivity contribution in [2.24, 2.45) is 5.92 Å². The van der Waals surface area contributed by atoms with Gasteiger partial charge in [0.1, 0.15) is 5.82 Å². The van der Waals surface area contributed by atoms with E-state index in [1.807, 2.05) is 24.5 Å². The number of rotatable bonds is 1. The Kier molecular flexibility index (Phi) is 2.51. The first-order chi connectivity index (χ1) is 9.42. The normalized spacial score (nSPS) is 25.3. The smallest absolute Gasteiger partial charge is 0.125 e. The second-order valence-corrected chi connectivity index (χ2v) is 5.30. The maximum absolute atomic E-state index is 4.80. The number of hydrogen-bond acceptors (Lipinski definition) is 4. The molecule has 4 heterocycles. The van der Waals surface area contributed by atoms with E-state index in [4.69, 9.17) is 5.10 Å². The van der Waals surface area contributed by atoms with Gasteiger partial charge >= 0.3 is 0 Å². The fourth-order valence-electron chi connectivity index (χ4n) is 3.12. The molecule has 0 amide bonds. The minimum Gasteiger partial charge on any atom is -0.370 e. The average Bonchev–Trinajstić information content (AvgIpc) is 2.93. The zero-order chi connectivity index (χ0) is 12.7. The van der Waals surface area contributed by atoms with Crippen molar-refractivity contribution in [1.29, 1.82) is 0 Å². The van der Waals surface area contributed by atoms with Crippen LogP contribution in [-0.4, -0.2) is 34.4 Å². The predicted molar refractivity (Wildman–Crippen MR) is 74.0 cm³/mol. The van der Waals surface area contributed by atoms with Crippen molar-refractivity contribution in [1.82, 2.24) is 20.1 Å². The van der Waals surface area contributed by atoms with Gasteiger partial charge in [0.25, 0.3) is 0 Å². The molecule has 2 aliphatic rings. The maximum Gasteiger partial charge on any atom is 0.125 e. The van der Waals surface area contributed by atoms with E-state index >= 15 is 0 Å². The zero-order valence-electron chi connectivity index (χ0n) is 10.7. The van der Waals surface area contributed by atoms with Crippen LogP contribution in [0.2, 0.25) is 0 Å². The molecule has 2 aromatic heterocycles. The summed E-state index contributed by atoms with van der Waals surface area (Å²) in [7, 11) is 0. The van der Waals surface area contributed by atoms with Crippen LogP contribution < -0.4 is 10.6 Å². The van der Waals surface area contributed by atoms with Crippen LogP contribution in [0.15, 0.2) is 30.6 Å². The van der Waals surface area contributed by atoms with Crippen LogP contribution in [0.25, 0.3) is 11.3 Å². The van der Waals surface area contributed by atoms with Gasteiger partial charge in [-0.05, 0) is 25.1 Å². The second-order valence-electron chi connectivity index (χ2n) is 5.30. The number of nitrogens with zero attached hydrogens (tertiary/aromatic N) is 3. The Hall–Kier alpha value is -1.88. The first kappa shape index (κ1) is 11.0. The molecule has 0 saturated carbocycles. The molecule has 2 unspecified atom stereocenters. The van der Waals surface area contributed by atoms with Gasteiger partial charge in [0.15, 0.2) is 0 Å². The zero-order valence-corrected chi connectivity index (χ0v) is 10.7. The largest absolute Gasteiger partial charge is 0.370 e. The molecule has 4 rings (SSSR count).